The van der Waals surface area contributed by atoms with E-state index in [1.165, 1.54) is 19.3 Å². The highest BCUT2D eigenvalue weighted by atomic mass is 16.5. The van der Waals surface area contributed by atoms with E-state index in [1.807, 2.05) is 17.9 Å². The van der Waals surface area contributed by atoms with E-state index < -0.39 is 0 Å². The van der Waals surface area contributed by atoms with Gasteiger partial charge in [0, 0.05) is 32.2 Å². The molecule has 0 aromatic carbocycles. The Kier molecular flexibility index (Phi) is 6.18. The standard InChI is InChI=1S/C20H32N2O3/c1-15(2)19-12-18(16(3)25-19)20(23)22-10-7-11-24-17(14-22)13-21-8-5-4-6-9-21/h12,15,17H,4-11,13-14H2,1-3H3/t17-/m0/s1. The van der Waals surface area contributed by atoms with Crippen molar-refractivity contribution in [1.82, 2.24) is 9.80 Å². The Bertz CT molecular complexity index is 575. The summed E-state index contributed by atoms with van der Waals surface area (Å²) < 4.78 is 11.8. The average molecular weight is 348 g/mol. The predicted octanol–water partition coefficient (Wildman–Crippen LogP) is 3.43. The molecule has 2 aliphatic rings. The molecule has 0 bridgehead atoms. The molecule has 2 saturated heterocycles. The first kappa shape index (κ1) is 18.5. The SMILES string of the molecule is Cc1oc(C(C)C)cc1C(=O)N1CCCO[C@@H](CN2CCCCC2)C1. The zero-order valence-electron chi connectivity index (χ0n) is 15.9. The molecule has 0 unspecified atom stereocenters. The Balaban J connectivity index is 1.66. The predicted molar refractivity (Wildman–Crippen MR) is 98.1 cm³/mol. The molecule has 1 aromatic heterocycles. The van der Waals surface area contributed by atoms with Crippen LogP contribution in [-0.4, -0.2) is 61.1 Å². The summed E-state index contributed by atoms with van der Waals surface area (Å²) in [5.74, 6) is 1.99. The molecule has 3 rings (SSSR count). The van der Waals surface area contributed by atoms with Crippen LogP contribution in [0.5, 0.6) is 0 Å². The fourth-order valence-corrected chi connectivity index (χ4v) is 3.79. The molecule has 0 N–H and O–H groups in total. The lowest BCUT2D eigenvalue weighted by atomic mass is 10.1. The van der Waals surface area contributed by atoms with Crippen LogP contribution in [0.3, 0.4) is 0 Å². The molecular weight excluding hydrogens is 316 g/mol. The number of amides is 1. The minimum Gasteiger partial charge on any atom is -0.465 e. The van der Waals surface area contributed by atoms with Gasteiger partial charge in [0.2, 0.25) is 0 Å². The van der Waals surface area contributed by atoms with Crippen LogP contribution in [0.15, 0.2) is 10.5 Å². The Labute approximate surface area is 151 Å². The molecule has 1 aromatic rings. The van der Waals surface area contributed by atoms with Gasteiger partial charge in [0.15, 0.2) is 0 Å². The summed E-state index contributed by atoms with van der Waals surface area (Å²) in [5, 5.41) is 0. The third-order valence-electron chi connectivity index (χ3n) is 5.28. The van der Waals surface area contributed by atoms with E-state index >= 15 is 0 Å². The second kappa shape index (κ2) is 8.37. The molecule has 2 aliphatic heterocycles. The van der Waals surface area contributed by atoms with Crippen molar-refractivity contribution in [3.8, 4) is 0 Å². The van der Waals surface area contributed by atoms with Crippen molar-refractivity contribution < 1.29 is 13.9 Å². The second-order valence-corrected chi connectivity index (χ2v) is 7.73. The van der Waals surface area contributed by atoms with E-state index in [9.17, 15) is 4.79 Å². The van der Waals surface area contributed by atoms with Gasteiger partial charge in [0.1, 0.15) is 11.5 Å². The summed E-state index contributed by atoms with van der Waals surface area (Å²) in [6.07, 6.45) is 4.91. The monoisotopic (exact) mass is 348 g/mol. The first-order valence-electron chi connectivity index (χ1n) is 9.78. The van der Waals surface area contributed by atoms with Gasteiger partial charge in [-0.15, -0.1) is 0 Å². The highest BCUT2D eigenvalue weighted by Gasteiger charge is 2.27. The van der Waals surface area contributed by atoms with Gasteiger partial charge >= 0.3 is 0 Å². The number of furan rings is 1. The van der Waals surface area contributed by atoms with Crippen LogP contribution in [0.25, 0.3) is 0 Å². The van der Waals surface area contributed by atoms with Crippen molar-refractivity contribution in [1.29, 1.82) is 0 Å². The number of carbonyl (C=O) groups is 1. The van der Waals surface area contributed by atoms with Crippen molar-refractivity contribution >= 4 is 5.91 Å². The number of ether oxygens (including phenoxy) is 1. The first-order valence-corrected chi connectivity index (χ1v) is 9.78. The number of piperidine rings is 1. The third kappa shape index (κ3) is 4.64. The minimum atomic E-state index is 0.0855. The lowest BCUT2D eigenvalue weighted by molar-refractivity contribution is 0.0216. The van der Waals surface area contributed by atoms with Crippen molar-refractivity contribution in [3.63, 3.8) is 0 Å². The fourth-order valence-electron chi connectivity index (χ4n) is 3.79. The topological polar surface area (TPSA) is 45.9 Å². The number of carbonyl (C=O) groups excluding carboxylic acids is 1. The zero-order valence-corrected chi connectivity index (χ0v) is 15.9. The van der Waals surface area contributed by atoms with Crippen LogP contribution >= 0.6 is 0 Å². The summed E-state index contributed by atoms with van der Waals surface area (Å²) in [5.41, 5.74) is 0.710. The van der Waals surface area contributed by atoms with E-state index in [4.69, 9.17) is 9.15 Å². The Morgan fingerprint density at radius 1 is 1.20 bits per heavy atom. The number of nitrogens with zero attached hydrogens (tertiary/aromatic N) is 2. The summed E-state index contributed by atoms with van der Waals surface area (Å²) in [6.45, 7) is 11.5. The third-order valence-corrected chi connectivity index (χ3v) is 5.28. The number of hydrogen-bond acceptors (Lipinski definition) is 4. The highest BCUT2D eigenvalue weighted by molar-refractivity contribution is 5.95. The van der Waals surface area contributed by atoms with Crippen LogP contribution in [0, 0.1) is 6.92 Å². The quantitative estimate of drug-likeness (QED) is 0.836. The van der Waals surface area contributed by atoms with Crippen LogP contribution in [-0.2, 0) is 4.74 Å². The number of rotatable bonds is 4. The van der Waals surface area contributed by atoms with Gasteiger partial charge in [-0.05, 0) is 45.3 Å². The minimum absolute atomic E-state index is 0.0855. The van der Waals surface area contributed by atoms with E-state index in [0.717, 1.165) is 50.7 Å². The molecule has 0 radical (unpaired) electrons. The van der Waals surface area contributed by atoms with Crippen molar-refractivity contribution in [3.05, 3.63) is 23.2 Å². The van der Waals surface area contributed by atoms with Crippen LogP contribution in [0.1, 0.15) is 67.3 Å². The molecule has 140 valence electrons. The molecule has 1 atom stereocenters. The highest BCUT2D eigenvalue weighted by Crippen LogP contribution is 2.24. The van der Waals surface area contributed by atoms with E-state index in [0.29, 0.717) is 18.0 Å². The zero-order chi connectivity index (χ0) is 17.8. The molecule has 25 heavy (non-hydrogen) atoms. The summed E-state index contributed by atoms with van der Waals surface area (Å²) >= 11 is 0. The molecule has 5 heteroatoms. The lowest BCUT2D eigenvalue weighted by Crippen LogP contribution is -2.43. The van der Waals surface area contributed by atoms with Gasteiger partial charge in [-0.3, -0.25) is 4.79 Å². The summed E-state index contributed by atoms with van der Waals surface area (Å²) in [4.78, 5) is 17.5. The molecular formula is C20H32N2O3. The molecule has 5 nitrogen and oxygen atoms in total. The average Bonchev–Trinajstić information content (AvgIpc) is 2.84. The van der Waals surface area contributed by atoms with Gasteiger partial charge in [-0.25, -0.2) is 0 Å². The Morgan fingerprint density at radius 3 is 2.64 bits per heavy atom. The van der Waals surface area contributed by atoms with Gasteiger partial charge in [-0.2, -0.15) is 0 Å². The van der Waals surface area contributed by atoms with Crippen LogP contribution in [0.4, 0.5) is 0 Å². The summed E-state index contributed by atoms with van der Waals surface area (Å²) in [6, 6.07) is 1.92. The van der Waals surface area contributed by atoms with E-state index in [1.54, 1.807) is 0 Å². The van der Waals surface area contributed by atoms with Crippen molar-refractivity contribution in [2.24, 2.45) is 0 Å². The van der Waals surface area contributed by atoms with Gasteiger partial charge in [0.05, 0.1) is 11.7 Å². The fraction of sp³-hybridized carbons (Fsp3) is 0.750. The van der Waals surface area contributed by atoms with Crippen LogP contribution in [0.2, 0.25) is 0 Å². The van der Waals surface area contributed by atoms with Crippen molar-refractivity contribution in [2.75, 3.05) is 39.3 Å². The number of hydrogen-bond donors (Lipinski definition) is 0. The van der Waals surface area contributed by atoms with Gasteiger partial charge in [-0.1, -0.05) is 20.3 Å². The van der Waals surface area contributed by atoms with Crippen molar-refractivity contribution in [2.45, 2.75) is 58.5 Å². The van der Waals surface area contributed by atoms with Gasteiger partial charge in [0.25, 0.3) is 5.91 Å². The molecule has 0 aliphatic carbocycles. The van der Waals surface area contributed by atoms with Crippen LogP contribution < -0.4 is 0 Å². The smallest absolute Gasteiger partial charge is 0.257 e. The van der Waals surface area contributed by atoms with E-state index in [-0.39, 0.29) is 12.0 Å². The maximum Gasteiger partial charge on any atom is 0.257 e. The molecule has 0 saturated carbocycles. The van der Waals surface area contributed by atoms with Gasteiger partial charge < -0.3 is 19.0 Å². The van der Waals surface area contributed by atoms with E-state index in [2.05, 4.69) is 18.7 Å². The molecule has 0 spiro atoms. The normalized spacial score (nSPS) is 23.0. The maximum absolute atomic E-state index is 13.0. The molecule has 3 heterocycles. The molecule has 2 fully saturated rings. The summed E-state index contributed by atoms with van der Waals surface area (Å²) in [7, 11) is 0. The molecule has 1 amide bonds. The Hall–Kier alpha value is -1.33. The number of likely N-dealkylation sites (tertiary alicyclic amines) is 1. The lowest BCUT2D eigenvalue weighted by Gasteiger charge is -2.31. The first-order chi connectivity index (χ1) is 12.0. The number of aryl methyl sites for hydroxylation is 1. The largest absolute Gasteiger partial charge is 0.465 e. The second-order valence-electron chi connectivity index (χ2n) is 7.73. The Morgan fingerprint density at radius 2 is 1.96 bits per heavy atom. The maximum atomic E-state index is 13.0.